The molecule has 2 aromatic carbocycles. The number of hydrogen-bond acceptors (Lipinski definition) is 4. The van der Waals surface area contributed by atoms with Crippen LogP contribution in [-0.2, 0) is 9.59 Å². The summed E-state index contributed by atoms with van der Waals surface area (Å²) in [5, 5.41) is 11.5. The van der Waals surface area contributed by atoms with Crippen molar-refractivity contribution in [2.75, 3.05) is 4.90 Å². The Morgan fingerprint density at radius 1 is 1.08 bits per heavy atom. The highest BCUT2D eigenvalue weighted by Gasteiger charge is 2.34. The maximum atomic E-state index is 12.7. The third kappa shape index (κ3) is 2.68. The van der Waals surface area contributed by atoms with E-state index >= 15 is 0 Å². The predicted molar refractivity (Wildman–Crippen MR) is 89.8 cm³/mol. The van der Waals surface area contributed by atoms with Crippen LogP contribution in [0.5, 0.6) is 0 Å². The highest BCUT2D eigenvalue weighted by atomic mass is 35.5. The van der Waals surface area contributed by atoms with Crippen LogP contribution in [0.3, 0.4) is 0 Å². The largest absolute Gasteiger partial charge is 0.271 e. The van der Waals surface area contributed by atoms with Gasteiger partial charge >= 0.3 is 0 Å². The standard InChI is InChI=1S/C17H11ClN2O4/c1-10-2-7-13(20(23)24)8-15(10)19-16(21)9-14(17(19)22)11-3-5-12(18)6-4-11/h2-9H,1H3. The third-order valence-corrected chi connectivity index (χ3v) is 3.97. The van der Waals surface area contributed by atoms with Crippen LogP contribution in [0, 0.1) is 17.0 Å². The van der Waals surface area contributed by atoms with Gasteiger partial charge in [-0.2, -0.15) is 0 Å². The van der Waals surface area contributed by atoms with Gasteiger partial charge in [0.25, 0.3) is 17.5 Å². The van der Waals surface area contributed by atoms with Gasteiger partial charge in [0.15, 0.2) is 0 Å². The van der Waals surface area contributed by atoms with Gasteiger partial charge in [0.05, 0.1) is 16.2 Å². The fourth-order valence-corrected chi connectivity index (χ4v) is 2.61. The first-order valence-corrected chi connectivity index (χ1v) is 7.37. The number of non-ortho nitro benzene ring substituents is 1. The molecule has 0 radical (unpaired) electrons. The molecule has 0 unspecified atom stereocenters. The molecule has 0 bridgehead atoms. The lowest BCUT2D eigenvalue weighted by atomic mass is 10.1. The molecule has 0 saturated heterocycles. The molecule has 6 nitrogen and oxygen atoms in total. The van der Waals surface area contributed by atoms with Crippen molar-refractivity contribution in [1.82, 2.24) is 0 Å². The van der Waals surface area contributed by atoms with Crippen molar-refractivity contribution in [3.8, 4) is 0 Å². The van der Waals surface area contributed by atoms with Crippen molar-refractivity contribution >= 4 is 40.4 Å². The second-order valence-electron chi connectivity index (χ2n) is 5.27. The maximum absolute atomic E-state index is 12.7. The van der Waals surface area contributed by atoms with E-state index in [0.717, 1.165) is 4.90 Å². The number of anilines is 1. The Kier molecular flexibility index (Phi) is 3.91. The van der Waals surface area contributed by atoms with Gasteiger partial charge in [-0.3, -0.25) is 19.7 Å². The van der Waals surface area contributed by atoms with Gasteiger partial charge < -0.3 is 0 Å². The Labute approximate surface area is 142 Å². The summed E-state index contributed by atoms with van der Waals surface area (Å²) < 4.78 is 0. The number of carbonyl (C=O) groups excluding carboxylic acids is 2. The molecule has 7 heteroatoms. The molecular formula is C17H11ClN2O4. The number of amides is 2. The Morgan fingerprint density at radius 2 is 1.75 bits per heavy atom. The van der Waals surface area contributed by atoms with E-state index in [0.29, 0.717) is 16.1 Å². The number of nitro benzene ring substituents is 1. The molecule has 0 saturated carbocycles. The number of aryl methyl sites for hydroxylation is 1. The number of carbonyl (C=O) groups is 2. The molecule has 2 amide bonds. The predicted octanol–water partition coefficient (Wildman–Crippen LogP) is 3.51. The van der Waals surface area contributed by atoms with E-state index in [1.54, 1.807) is 31.2 Å². The number of nitrogens with zero attached hydrogens (tertiary/aromatic N) is 2. The van der Waals surface area contributed by atoms with Crippen molar-refractivity contribution in [2.24, 2.45) is 0 Å². The SMILES string of the molecule is Cc1ccc([N+](=O)[O-])cc1N1C(=O)C=C(c2ccc(Cl)cc2)C1=O. The van der Waals surface area contributed by atoms with Gasteiger partial charge in [0.2, 0.25) is 0 Å². The molecule has 0 fully saturated rings. The van der Waals surface area contributed by atoms with E-state index < -0.39 is 16.7 Å². The summed E-state index contributed by atoms with van der Waals surface area (Å²) in [7, 11) is 0. The highest BCUT2D eigenvalue weighted by molar-refractivity contribution is 6.43. The fraction of sp³-hybridized carbons (Fsp3) is 0.0588. The van der Waals surface area contributed by atoms with Gasteiger partial charge in [-0.15, -0.1) is 0 Å². The summed E-state index contributed by atoms with van der Waals surface area (Å²) in [6.07, 6.45) is 1.23. The van der Waals surface area contributed by atoms with Crippen molar-refractivity contribution in [1.29, 1.82) is 0 Å². The van der Waals surface area contributed by atoms with Gasteiger partial charge in [0.1, 0.15) is 0 Å². The van der Waals surface area contributed by atoms with Crippen LogP contribution in [0.25, 0.3) is 5.57 Å². The molecule has 0 atom stereocenters. The number of nitro groups is 1. The third-order valence-electron chi connectivity index (χ3n) is 3.72. The Morgan fingerprint density at radius 3 is 2.38 bits per heavy atom. The highest BCUT2D eigenvalue weighted by Crippen LogP contribution is 2.32. The minimum absolute atomic E-state index is 0.184. The van der Waals surface area contributed by atoms with E-state index in [-0.39, 0.29) is 16.9 Å². The fourth-order valence-electron chi connectivity index (χ4n) is 2.49. The minimum atomic E-state index is -0.568. The Balaban J connectivity index is 2.02. The number of halogens is 1. The number of imide groups is 1. The van der Waals surface area contributed by atoms with Crippen molar-refractivity contribution in [2.45, 2.75) is 6.92 Å². The smallest absolute Gasteiger partial charge is 0.269 e. The average Bonchev–Trinajstić information content (AvgIpc) is 2.83. The Hall–Kier alpha value is -2.99. The number of rotatable bonds is 3. The first kappa shape index (κ1) is 15.9. The van der Waals surface area contributed by atoms with Gasteiger partial charge in [-0.1, -0.05) is 29.8 Å². The first-order valence-electron chi connectivity index (χ1n) is 6.99. The molecule has 3 rings (SSSR count). The van der Waals surface area contributed by atoms with Crippen molar-refractivity contribution < 1.29 is 14.5 Å². The molecule has 0 N–H and O–H groups in total. The van der Waals surface area contributed by atoms with Crippen LogP contribution in [0.2, 0.25) is 5.02 Å². The quantitative estimate of drug-likeness (QED) is 0.485. The van der Waals surface area contributed by atoms with E-state index in [1.165, 1.54) is 24.3 Å². The second-order valence-corrected chi connectivity index (χ2v) is 5.71. The monoisotopic (exact) mass is 342 g/mol. The number of benzene rings is 2. The molecule has 1 aliphatic rings. The zero-order valence-electron chi connectivity index (χ0n) is 12.5. The summed E-state index contributed by atoms with van der Waals surface area (Å²) in [5.74, 6) is -1.06. The lowest BCUT2D eigenvalue weighted by Crippen LogP contribution is -2.31. The van der Waals surface area contributed by atoms with Crippen LogP contribution in [0.15, 0.2) is 48.5 Å². The van der Waals surface area contributed by atoms with Crippen molar-refractivity contribution in [3.05, 3.63) is 74.8 Å². The van der Waals surface area contributed by atoms with Crippen LogP contribution in [0.4, 0.5) is 11.4 Å². The lowest BCUT2D eigenvalue weighted by Gasteiger charge is -2.17. The molecule has 1 heterocycles. The second kappa shape index (κ2) is 5.90. The molecule has 0 aromatic heterocycles. The van der Waals surface area contributed by atoms with Crippen LogP contribution in [-0.4, -0.2) is 16.7 Å². The summed E-state index contributed by atoms with van der Waals surface area (Å²) in [5.41, 5.74) is 1.40. The normalized spacial score (nSPS) is 14.1. The summed E-state index contributed by atoms with van der Waals surface area (Å²) in [4.78, 5) is 36.3. The Bertz CT molecular complexity index is 903. The molecule has 120 valence electrons. The van der Waals surface area contributed by atoms with E-state index in [9.17, 15) is 19.7 Å². The molecule has 2 aromatic rings. The zero-order chi connectivity index (χ0) is 17.4. The average molecular weight is 343 g/mol. The van der Waals surface area contributed by atoms with E-state index in [4.69, 9.17) is 11.6 Å². The van der Waals surface area contributed by atoms with Gasteiger partial charge in [-0.05, 0) is 30.2 Å². The lowest BCUT2D eigenvalue weighted by molar-refractivity contribution is -0.384. The van der Waals surface area contributed by atoms with Crippen molar-refractivity contribution in [3.63, 3.8) is 0 Å². The van der Waals surface area contributed by atoms with Gasteiger partial charge in [0, 0.05) is 23.2 Å². The molecular weight excluding hydrogens is 332 g/mol. The molecule has 0 aliphatic carbocycles. The summed E-state index contributed by atoms with van der Waals surface area (Å²) in [6, 6.07) is 10.6. The van der Waals surface area contributed by atoms with E-state index in [2.05, 4.69) is 0 Å². The van der Waals surface area contributed by atoms with Crippen LogP contribution in [0.1, 0.15) is 11.1 Å². The topological polar surface area (TPSA) is 80.5 Å². The molecule has 1 aliphatic heterocycles. The summed E-state index contributed by atoms with van der Waals surface area (Å²) >= 11 is 5.83. The van der Waals surface area contributed by atoms with Crippen LogP contribution >= 0.6 is 11.6 Å². The zero-order valence-corrected chi connectivity index (χ0v) is 13.3. The minimum Gasteiger partial charge on any atom is -0.269 e. The summed E-state index contributed by atoms with van der Waals surface area (Å²) in [6.45, 7) is 1.68. The molecule has 24 heavy (non-hydrogen) atoms. The number of hydrogen-bond donors (Lipinski definition) is 0. The van der Waals surface area contributed by atoms with Crippen LogP contribution < -0.4 is 4.90 Å². The van der Waals surface area contributed by atoms with Gasteiger partial charge in [-0.25, -0.2) is 4.90 Å². The molecule has 0 spiro atoms. The first-order chi connectivity index (χ1) is 11.4. The maximum Gasteiger partial charge on any atom is 0.271 e. The van der Waals surface area contributed by atoms with E-state index in [1.807, 2.05) is 0 Å².